The summed E-state index contributed by atoms with van der Waals surface area (Å²) in [6, 6.07) is 9.40. The molecule has 0 aromatic heterocycles. The predicted molar refractivity (Wildman–Crippen MR) is 79.2 cm³/mol. The zero-order valence-corrected chi connectivity index (χ0v) is 12.1. The molecule has 0 fully saturated rings. The number of aliphatic hydroxyl groups excluding tert-OH is 1. The molecular weight excluding hydrogens is 254 g/mol. The summed E-state index contributed by atoms with van der Waals surface area (Å²) in [6.45, 7) is 5.98. The van der Waals surface area contributed by atoms with Crippen LogP contribution < -0.4 is 10.5 Å². The molecule has 20 heavy (non-hydrogen) atoms. The minimum Gasteiger partial charge on any atom is -0.489 e. The molecule has 2 atom stereocenters. The Hall–Kier alpha value is -1.77. The maximum atomic E-state index is 10.00. The highest BCUT2D eigenvalue weighted by Crippen LogP contribution is 2.19. The molecule has 0 bridgehead atoms. The van der Waals surface area contributed by atoms with Crippen LogP contribution in [0.5, 0.6) is 5.75 Å². The van der Waals surface area contributed by atoms with E-state index in [1.54, 1.807) is 12.1 Å². The number of nitrogen functional groups attached to an aromatic ring is 1. The maximum absolute atomic E-state index is 10.00. The third kappa shape index (κ3) is 5.47. The number of hydrogen-bond acceptors (Lipinski definition) is 5. The van der Waals surface area contributed by atoms with Crippen LogP contribution in [0.4, 0.5) is 5.69 Å². The molecule has 1 rings (SSSR count). The quantitative estimate of drug-likeness (QED) is 0.703. The van der Waals surface area contributed by atoms with Gasteiger partial charge in [0.25, 0.3) is 0 Å². The number of benzene rings is 1. The Kier molecular flexibility index (Phi) is 6.85. The lowest BCUT2D eigenvalue weighted by Gasteiger charge is -2.24. The van der Waals surface area contributed by atoms with Crippen LogP contribution in [-0.2, 0) is 0 Å². The Labute approximate surface area is 120 Å². The summed E-state index contributed by atoms with van der Waals surface area (Å²) in [5.41, 5.74) is 6.33. The van der Waals surface area contributed by atoms with E-state index in [-0.39, 0.29) is 12.5 Å². The van der Waals surface area contributed by atoms with Gasteiger partial charge in [0.2, 0.25) is 0 Å². The van der Waals surface area contributed by atoms with Gasteiger partial charge in [0.1, 0.15) is 18.5 Å². The van der Waals surface area contributed by atoms with Gasteiger partial charge in [-0.2, -0.15) is 5.26 Å². The van der Waals surface area contributed by atoms with Gasteiger partial charge >= 0.3 is 0 Å². The van der Waals surface area contributed by atoms with Crippen molar-refractivity contribution in [3.8, 4) is 11.8 Å². The van der Waals surface area contributed by atoms with Crippen molar-refractivity contribution >= 4 is 5.69 Å². The molecule has 1 aromatic carbocycles. The monoisotopic (exact) mass is 277 g/mol. The third-order valence-electron chi connectivity index (χ3n) is 3.02. The Morgan fingerprint density at radius 3 is 2.70 bits per heavy atom. The molecule has 2 unspecified atom stereocenters. The van der Waals surface area contributed by atoms with Crippen molar-refractivity contribution < 1.29 is 9.84 Å². The Bertz CT molecular complexity index is 445. The van der Waals surface area contributed by atoms with Crippen molar-refractivity contribution in [1.82, 2.24) is 4.90 Å². The number of likely N-dealkylation sites (N-methyl/N-ethyl adjacent to an activating group) is 1. The van der Waals surface area contributed by atoms with E-state index in [1.807, 2.05) is 30.9 Å². The van der Waals surface area contributed by atoms with Crippen molar-refractivity contribution in [3.63, 3.8) is 0 Å². The molecule has 0 amide bonds. The lowest BCUT2D eigenvalue weighted by atomic mass is 10.2. The highest BCUT2D eigenvalue weighted by molar-refractivity contribution is 5.51. The summed E-state index contributed by atoms with van der Waals surface area (Å²) >= 11 is 0. The SMILES string of the molecule is CCN(CC(C)C#N)CC(O)COc1ccccc1N. The molecule has 0 heterocycles. The summed E-state index contributed by atoms with van der Waals surface area (Å²) in [7, 11) is 0. The first kappa shape index (κ1) is 16.3. The number of hydrogen-bond donors (Lipinski definition) is 2. The van der Waals surface area contributed by atoms with Gasteiger partial charge < -0.3 is 15.6 Å². The zero-order valence-electron chi connectivity index (χ0n) is 12.1. The largest absolute Gasteiger partial charge is 0.489 e. The Morgan fingerprint density at radius 1 is 1.40 bits per heavy atom. The van der Waals surface area contributed by atoms with Crippen LogP contribution in [0.25, 0.3) is 0 Å². The van der Waals surface area contributed by atoms with Crippen molar-refractivity contribution in [1.29, 1.82) is 5.26 Å². The lowest BCUT2D eigenvalue weighted by Crippen LogP contribution is -2.37. The van der Waals surface area contributed by atoms with Gasteiger partial charge in [-0.05, 0) is 25.6 Å². The van der Waals surface area contributed by atoms with E-state index in [1.165, 1.54) is 0 Å². The first-order valence-electron chi connectivity index (χ1n) is 6.84. The highest BCUT2D eigenvalue weighted by Gasteiger charge is 2.14. The number of ether oxygens (including phenoxy) is 1. The van der Waals surface area contributed by atoms with Crippen molar-refractivity contribution in [3.05, 3.63) is 24.3 Å². The van der Waals surface area contributed by atoms with Crippen LogP contribution >= 0.6 is 0 Å². The summed E-state index contributed by atoms with van der Waals surface area (Å²) in [5, 5.41) is 18.8. The van der Waals surface area contributed by atoms with Gasteiger partial charge in [-0.15, -0.1) is 0 Å². The Balaban J connectivity index is 2.41. The van der Waals surface area contributed by atoms with Gasteiger partial charge in [-0.25, -0.2) is 0 Å². The highest BCUT2D eigenvalue weighted by atomic mass is 16.5. The minimum absolute atomic E-state index is 0.0483. The van der Waals surface area contributed by atoms with Crippen molar-refractivity contribution in [2.24, 2.45) is 5.92 Å². The van der Waals surface area contributed by atoms with Gasteiger partial charge in [0, 0.05) is 13.1 Å². The van der Waals surface area contributed by atoms with Crippen LogP contribution in [-0.4, -0.2) is 42.4 Å². The Morgan fingerprint density at radius 2 is 2.10 bits per heavy atom. The molecule has 0 radical (unpaired) electrons. The summed E-state index contributed by atoms with van der Waals surface area (Å²) in [6.07, 6.45) is -0.611. The number of para-hydroxylation sites is 2. The molecule has 0 spiro atoms. The fourth-order valence-electron chi connectivity index (χ4n) is 1.91. The number of nitriles is 1. The van der Waals surface area contributed by atoms with Gasteiger partial charge in [-0.1, -0.05) is 19.1 Å². The summed E-state index contributed by atoms with van der Waals surface area (Å²) in [5.74, 6) is 0.535. The molecule has 1 aromatic rings. The second kappa shape index (κ2) is 8.41. The molecule has 110 valence electrons. The maximum Gasteiger partial charge on any atom is 0.142 e. The normalized spacial score (nSPS) is 13.8. The summed E-state index contributed by atoms with van der Waals surface area (Å²) in [4.78, 5) is 2.04. The molecule has 0 saturated carbocycles. The average Bonchev–Trinajstić information content (AvgIpc) is 2.45. The fraction of sp³-hybridized carbons (Fsp3) is 0.533. The van der Waals surface area contributed by atoms with Crippen LogP contribution in [0.3, 0.4) is 0 Å². The third-order valence-corrected chi connectivity index (χ3v) is 3.02. The molecule has 0 aliphatic heterocycles. The first-order valence-corrected chi connectivity index (χ1v) is 6.84. The minimum atomic E-state index is -0.611. The molecule has 3 N–H and O–H groups in total. The van der Waals surface area contributed by atoms with Crippen LogP contribution in [0, 0.1) is 17.2 Å². The zero-order chi connectivity index (χ0) is 15.0. The van der Waals surface area contributed by atoms with Gasteiger partial charge in [0.05, 0.1) is 17.7 Å². The number of anilines is 1. The van der Waals surface area contributed by atoms with E-state index in [0.717, 1.165) is 6.54 Å². The number of nitrogens with zero attached hydrogens (tertiary/aromatic N) is 2. The summed E-state index contributed by atoms with van der Waals surface area (Å²) < 4.78 is 5.51. The van der Waals surface area contributed by atoms with E-state index < -0.39 is 6.10 Å². The van der Waals surface area contributed by atoms with E-state index >= 15 is 0 Å². The molecule has 5 nitrogen and oxygen atoms in total. The van der Waals surface area contributed by atoms with Gasteiger partial charge in [-0.3, -0.25) is 4.90 Å². The smallest absolute Gasteiger partial charge is 0.142 e. The van der Waals surface area contributed by atoms with E-state index in [0.29, 0.717) is 24.5 Å². The van der Waals surface area contributed by atoms with Crippen LogP contribution in [0.15, 0.2) is 24.3 Å². The molecular formula is C15H23N3O2. The van der Waals surface area contributed by atoms with E-state index in [9.17, 15) is 5.11 Å². The van der Waals surface area contributed by atoms with Gasteiger partial charge in [0.15, 0.2) is 0 Å². The second-order valence-corrected chi connectivity index (χ2v) is 4.88. The standard InChI is InChI=1S/C15H23N3O2/c1-3-18(9-12(2)8-16)10-13(19)11-20-15-7-5-4-6-14(15)17/h4-7,12-13,19H,3,9-11,17H2,1-2H3. The molecule has 0 saturated heterocycles. The van der Waals surface area contributed by atoms with Crippen LogP contribution in [0.1, 0.15) is 13.8 Å². The number of aliphatic hydroxyl groups is 1. The van der Waals surface area contributed by atoms with Crippen molar-refractivity contribution in [2.45, 2.75) is 20.0 Å². The van der Waals surface area contributed by atoms with Crippen molar-refractivity contribution in [2.75, 3.05) is 32.0 Å². The molecule has 5 heteroatoms. The lowest BCUT2D eigenvalue weighted by molar-refractivity contribution is 0.0678. The fourth-order valence-corrected chi connectivity index (χ4v) is 1.91. The number of nitrogens with two attached hydrogens (primary N) is 1. The molecule has 0 aliphatic rings. The topological polar surface area (TPSA) is 82.5 Å². The second-order valence-electron chi connectivity index (χ2n) is 4.88. The van der Waals surface area contributed by atoms with Crippen LogP contribution in [0.2, 0.25) is 0 Å². The molecule has 0 aliphatic carbocycles. The van der Waals surface area contributed by atoms with E-state index in [2.05, 4.69) is 6.07 Å². The average molecular weight is 277 g/mol. The first-order chi connectivity index (χ1) is 9.56. The predicted octanol–water partition coefficient (Wildman–Crippen LogP) is 1.49. The number of rotatable bonds is 8. The van der Waals surface area contributed by atoms with E-state index in [4.69, 9.17) is 15.7 Å².